The molecule has 2 saturated heterocycles. The Bertz CT molecular complexity index is 804. The molecule has 7 heteroatoms. The number of carbonyl (C=O) groups is 2. The average molecular weight is 338 g/mol. The van der Waals surface area contributed by atoms with Crippen molar-refractivity contribution in [1.82, 2.24) is 15.2 Å². The number of hydrogen-bond acceptors (Lipinski definition) is 4. The van der Waals surface area contributed by atoms with Crippen molar-refractivity contribution in [3.8, 4) is 11.3 Å². The van der Waals surface area contributed by atoms with E-state index >= 15 is 0 Å². The number of fused-ring (bicyclic) bond motifs is 1. The minimum Gasteiger partial charge on any atom is -0.478 e. The van der Waals surface area contributed by atoms with Gasteiger partial charge in [-0.15, -0.1) is 0 Å². The summed E-state index contributed by atoms with van der Waals surface area (Å²) in [5.41, 5.74) is 2.61. The molecular formula is C18H18N4O3. The highest BCUT2D eigenvalue weighted by molar-refractivity contribution is 5.94. The highest BCUT2D eigenvalue weighted by Gasteiger charge is 2.39. The van der Waals surface area contributed by atoms with E-state index in [1.54, 1.807) is 35.4 Å². The molecular weight excluding hydrogens is 320 g/mol. The van der Waals surface area contributed by atoms with Gasteiger partial charge in [0.1, 0.15) is 0 Å². The van der Waals surface area contributed by atoms with Crippen LogP contribution in [0.25, 0.3) is 11.3 Å². The number of carbonyl (C=O) groups excluding carboxylic acids is 1. The van der Waals surface area contributed by atoms with Gasteiger partial charge in [-0.3, -0.25) is 9.88 Å². The van der Waals surface area contributed by atoms with Crippen LogP contribution in [0.3, 0.4) is 0 Å². The third-order valence-electron chi connectivity index (χ3n) is 4.71. The van der Waals surface area contributed by atoms with Crippen molar-refractivity contribution >= 4 is 17.7 Å². The van der Waals surface area contributed by atoms with Gasteiger partial charge >= 0.3 is 12.0 Å². The van der Waals surface area contributed by atoms with Crippen LogP contribution in [-0.4, -0.2) is 59.2 Å². The fourth-order valence-corrected chi connectivity index (χ4v) is 3.34. The Morgan fingerprint density at radius 3 is 2.64 bits per heavy atom. The molecule has 0 saturated carbocycles. The molecule has 0 unspecified atom stereocenters. The SMILES string of the molecule is O=C(O)c1ccc(-c2ccc(N3C[C@@H]4CNCCN4C3=O)cn2)cc1. The smallest absolute Gasteiger partial charge is 0.335 e. The second-order valence-electron chi connectivity index (χ2n) is 6.23. The summed E-state index contributed by atoms with van der Waals surface area (Å²) in [6.45, 7) is 3.06. The molecule has 2 aliphatic rings. The van der Waals surface area contributed by atoms with Gasteiger partial charge in [-0.1, -0.05) is 12.1 Å². The van der Waals surface area contributed by atoms with Crippen molar-refractivity contribution < 1.29 is 14.7 Å². The number of carboxylic acid groups (broad SMARTS) is 1. The summed E-state index contributed by atoms with van der Waals surface area (Å²) in [5.74, 6) is -0.951. The summed E-state index contributed by atoms with van der Waals surface area (Å²) in [4.78, 5) is 31.6. The Labute approximate surface area is 144 Å². The van der Waals surface area contributed by atoms with Crippen molar-refractivity contribution in [3.05, 3.63) is 48.2 Å². The van der Waals surface area contributed by atoms with Gasteiger partial charge < -0.3 is 15.3 Å². The predicted molar refractivity (Wildman–Crippen MR) is 92.7 cm³/mol. The summed E-state index contributed by atoms with van der Waals surface area (Å²) in [5, 5.41) is 12.3. The van der Waals surface area contributed by atoms with Crippen LogP contribution < -0.4 is 10.2 Å². The van der Waals surface area contributed by atoms with Gasteiger partial charge in [0.05, 0.1) is 29.2 Å². The fraction of sp³-hybridized carbons (Fsp3) is 0.278. The highest BCUT2D eigenvalue weighted by Crippen LogP contribution is 2.26. The van der Waals surface area contributed by atoms with Gasteiger partial charge in [-0.25, -0.2) is 9.59 Å². The number of pyridine rings is 1. The lowest BCUT2D eigenvalue weighted by atomic mass is 10.1. The standard InChI is InChI=1S/C18H18N4O3/c23-17(24)13-3-1-12(2-4-13)16-6-5-14(10-20-16)22-11-15-9-19-7-8-21(15)18(22)25/h1-6,10,15,19H,7-9,11H2,(H,23,24)/t15-/m0/s1. The first kappa shape index (κ1) is 15.6. The van der Waals surface area contributed by atoms with Gasteiger partial charge in [-0.2, -0.15) is 0 Å². The number of carboxylic acids is 1. The molecule has 0 bridgehead atoms. The lowest BCUT2D eigenvalue weighted by Gasteiger charge is -2.28. The molecule has 0 spiro atoms. The Hall–Kier alpha value is -2.93. The molecule has 1 atom stereocenters. The van der Waals surface area contributed by atoms with Crippen LogP contribution in [0.1, 0.15) is 10.4 Å². The molecule has 2 N–H and O–H groups in total. The van der Waals surface area contributed by atoms with E-state index in [9.17, 15) is 9.59 Å². The van der Waals surface area contributed by atoms with Crippen LogP contribution in [0.5, 0.6) is 0 Å². The topological polar surface area (TPSA) is 85.8 Å². The lowest BCUT2D eigenvalue weighted by molar-refractivity contribution is 0.0697. The number of nitrogens with one attached hydrogen (secondary N) is 1. The van der Waals surface area contributed by atoms with Crippen LogP contribution in [0.4, 0.5) is 10.5 Å². The maximum atomic E-state index is 12.5. The fourth-order valence-electron chi connectivity index (χ4n) is 3.34. The molecule has 3 heterocycles. The Morgan fingerprint density at radius 2 is 2.00 bits per heavy atom. The summed E-state index contributed by atoms with van der Waals surface area (Å²) >= 11 is 0. The van der Waals surface area contributed by atoms with E-state index in [2.05, 4.69) is 10.3 Å². The van der Waals surface area contributed by atoms with Gasteiger partial charge in [-0.05, 0) is 24.3 Å². The minimum absolute atomic E-state index is 0.0341. The van der Waals surface area contributed by atoms with Crippen molar-refractivity contribution in [3.63, 3.8) is 0 Å². The van der Waals surface area contributed by atoms with Gasteiger partial charge in [0.2, 0.25) is 0 Å². The first-order chi connectivity index (χ1) is 12.1. The van der Waals surface area contributed by atoms with E-state index in [4.69, 9.17) is 5.11 Å². The molecule has 2 aromatic rings. The van der Waals surface area contributed by atoms with E-state index < -0.39 is 5.97 Å². The third-order valence-corrected chi connectivity index (χ3v) is 4.71. The number of piperazine rings is 1. The predicted octanol–water partition coefficient (Wildman–Crippen LogP) is 1.66. The van der Waals surface area contributed by atoms with Crippen molar-refractivity contribution in [1.29, 1.82) is 0 Å². The van der Waals surface area contributed by atoms with Crippen LogP contribution in [0.15, 0.2) is 42.6 Å². The number of rotatable bonds is 3. The van der Waals surface area contributed by atoms with E-state index in [0.717, 1.165) is 36.6 Å². The zero-order valence-corrected chi connectivity index (χ0v) is 13.6. The van der Waals surface area contributed by atoms with E-state index in [0.29, 0.717) is 6.54 Å². The molecule has 2 aliphatic heterocycles. The summed E-state index contributed by atoms with van der Waals surface area (Å²) < 4.78 is 0. The summed E-state index contributed by atoms with van der Waals surface area (Å²) in [7, 11) is 0. The van der Waals surface area contributed by atoms with Crippen molar-refractivity contribution in [2.45, 2.75) is 6.04 Å². The lowest BCUT2D eigenvalue weighted by Crippen LogP contribution is -2.49. The first-order valence-corrected chi connectivity index (χ1v) is 8.22. The maximum absolute atomic E-state index is 12.5. The molecule has 2 fully saturated rings. The molecule has 0 aliphatic carbocycles. The second kappa shape index (κ2) is 6.18. The molecule has 0 radical (unpaired) electrons. The monoisotopic (exact) mass is 338 g/mol. The highest BCUT2D eigenvalue weighted by atomic mass is 16.4. The molecule has 128 valence electrons. The van der Waals surface area contributed by atoms with Crippen LogP contribution >= 0.6 is 0 Å². The molecule has 1 aromatic heterocycles. The van der Waals surface area contributed by atoms with Crippen molar-refractivity contribution in [2.75, 3.05) is 31.1 Å². The number of nitrogens with zero attached hydrogens (tertiary/aromatic N) is 3. The van der Waals surface area contributed by atoms with E-state index in [1.807, 2.05) is 17.0 Å². The first-order valence-electron chi connectivity index (χ1n) is 8.22. The Kier molecular flexibility index (Phi) is 3.85. The van der Waals surface area contributed by atoms with E-state index in [-0.39, 0.29) is 17.6 Å². The maximum Gasteiger partial charge on any atom is 0.335 e. The zero-order valence-electron chi connectivity index (χ0n) is 13.6. The summed E-state index contributed by atoms with van der Waals surface area (Å²) in [6, 6.07) is 10.6. The molecule has 2 amide bonds. The summed E-state index contributed by atoms with van der Waals surface area (Å²) in [6.07, 6.45) is 1.70. The third kappa shape index (κ3) is 2.83. The van der Waals surface area contributed by atoms with Crippen molar-refractivity contribution in [2.24, 2.45) is 0 Å². The number of benzene rings is 1. The molecule has 4 rings (SSSR count). The normalized spacial score (nSPS) is 19.8. The average Bonchev–Trinajstić information content (AvgIpc) is 2.99. The minimum atomic E-state index is -0.951. The second-order valence-corrected chi connectivity index (χ2v) is 6.23. The number of amides is 2. The van der Waals surface area contributed by atoms with Gasteiger partial charge in [0.25, 0.3) is 0 Å². The quantitative estimate of drug-likeness (QED) is 0.889. The van der Waals surface area contributed by atoms with E-state index in [1.165, 1.54) is 0 Å². The number of anilines is 1. The number of hydrogen-bond donors (Lipinski definition) is 2. The molecule has 25 heavy (non-hydrogen) atoms. The zero-order chi connectivity index (χ0) is 17.4. The number of urea groups is 1. The largest absolute Gasteiger partial charge is 0.478 e. The van der Waals surface area contributed by atoms with Crippen LogP contribution in [-0.2, 0) is 0 Å². The van der Waals surface area contributed by atoms with Gasteiger partial charge in [0, 0.05) is 31.7 Å². The Balaban J connectivity index is 1.54. The number of aromatic carboxylic acids is 1. The molecule has 1 aromatic carbocycles. The van der Waals surface area contributed by atoms with Crippen LogP contribution in [0, 0.1) is 0 Å². The van der Waals surface area contributed by atoms with Crippen LogP contribution in [0.2, 0.25) is 0 Å². The van der Waals surface area contributed by atoms with Gasteiger partial charge in [0.15, 0.2) is 0 Å². The molecule has 7 nitrogen and oxygen atoms in total. The Morgan fingerprint density at radius 1 is 1.20 bits per heavy atom. The number of aromatic nitrogens is 1.